The average Bonchev–Trinajstić information content (AvgIpc) is 2.47. The van der Waals surface area contributed by atoms with Crippen molar-refractivity contribution in [2.45, 2.75) is 24.3 Å². The first-order valence-electron chi connectivity index (χ1n) is 6.74. The first-order chi connectivity index (χ1) is 10.4. The van der Waals surface area contributed by atoms with E-state index >= 15 is 0 Å². The van der Waals surface area contributed by atoms with Gasteiger partial charge in [0.25, 0.3) is 9.05 Å². The van der Waals surface area contributed by atoms with E-state index < -0.39 is 9.05 Å². The zero-order valence-corrected chi connectivity index (χ0v) is 13.6. The molecule has 2 aromatic rings. The molecule has 0 heterocycles. The third-order valence-corrected chi connectivity index (χ3v) is 4.62. The summed E-state index contributed by atoms with van der Waals surface area (Å²) in [4.78, 5) is 12.0. The summed E-state index contributed by atoms with van der Waals surface area (Å²) in [6.07, 6.45) is 0.180. The summed E-state index contributed by atoms with van der Waals surface area (Å²) < 4.78 is 22.3. The Morgan fingerprint density at radius 2 is 1.68 bits per heavy atom. The standard InChI is InChI=1S/C16H16ClNO3S/c1-12(14-5-3-2-4-6-14)18-16(19)11-13-7-9-15(10-8-13)22(17,20)21/h2-10,12H,11H2,1H3,(H,18,19)/t12-/m0/s1. The second-order valence-electron chi connectivity index (χ2n) is 4.96. The van der Waals surface area contributed by atoms with Crippen molar-refractivity contribution >= 4 is 25.6 Å². The molecule has 0 spiro atoms. The number of carbonyl (C=O) groups is 1. The van der Waals surface area contributed by atoms with Crippen molar-refractivity contribution < 1.29 is 13.2 Å². The van der Waals surface area contributed by atoms with E-state index in [1.807, 2.05) is 37.3 Å². The van der Waals surface area contributed by atoms with Crippen molar-refractivity contribution in [3.8, 4) is 0 Å². The SMILES string of the molecule is C[C@H](NC(=O)Cc1ccc(S(=O)(=O)Cl)cc1)c1ccccc1. The summed E-state index contributed by atoms with van der Waals surface area (Å²) in [7, 11) is 1.51. The van der Waals surface area contributed by atoms with Crippen molar-refractivity contribution in [2.75, 3.05) is 0 Å². The van der Waals surface area contributed by atoms with Crippen LogP contribution in [0.4, 0.5) is 0 Å². The molecule has 0 fully saturated rings. The predicted molar refractivity (Wildman–Crippen MR) is 86.2 cm³/mol. The van der Waals surface area contributed by atoms with Gasteiger partial charge in [0.1, 0.15) is 0 Å². The fourth-order valence-corrected chi connectivity index (χ4v) is 2.84. The molecule has 22 heavy (non-hydrogen) atoms. The Labute approximate surface area is 134 Å². The van der Waals surface area contributed by atoms with Crippen LogP contribution in [0.15, 0.2) is 59.5 Å². The van der Waals surface area contributed by atoms with E-state index in [1.54, 1.807) is 12.1 Å². The number of benzene rings is 2. The Morgan fingerprint density at radius 3 is 2.23 bits per heavy atom. The van der Waals surface area contributed by atoms with Crippen LogP contribution < -0.4 is 5.32 Å². The van der Waals surface area contributed by atoms with Gasteiger partial charge in [0.15, 0.2) is 0 Å². The molecule has 0 unspecified atom stereocenters. The van der Waals surface area contributed by atoms with Gasteiger partial charge in [0.05, 0.1) is 17.4 Å². The van der Waals surface area contributed by atoms with Gasteiger partial charge >= 0.3 is 0 Å². The maximum absolute atomic E-state index is 12.0. The van der Waals surface area contributed by atoms with E-state index in [0.717, 1.165) is 11.1 Å². The molecule has 0 aliphatic heterocycles. The molecule has 0 aliphatic carbocycles. The Bertz CT molecular complexity index is 743. The second kappa shape index (κ2) is 6.94. The van der Waals surface area contributed by atoms with Gasteiger partial charge in [-0.25, -0.2) is 8.42 Å². The Morgan fingerprint density at radius 1 is 1.09 bits per heavy atom. The first-order valence-corrected chi connectivity index (χ1v) is 9.05. The van der Waals surface area contributed by atoms with E-state index in [4.69, 9.17) is 10.7 Å². The van der Waals surface area contributed by atoms with Crippen molar-refractivity contribution in [1.82, 2.24) is 5.32 Å². The molecule has 116 valence electrons. The summed E-state index contributed by atoms with van der Waals surface area (Å²) in [6, 6.07) is 15.5. The van der Waals surface area contributed by atoms with Gasteiger partial charge in [-0.2, -0.15) is 0 Å². The van der Waals surface area contributed by atoms with E-state index in [9.17, 15) is 13.2 Å². The minimum Gasteiger partial charge on any atom is -0.349 e. The molecule has 0 aromatic heterocycles. The summed E-state index contributed by atoms with van der Waals surface area (Å²) in [5.41, 5.74) is 1.75. The van der Waals surface area contributed by atoms with Gasteiger partial charge in [-0.05, 0) is 30.2 Å². The smallest absolute Gasteiger partial charge is 0.261 e. The van der Waals surface area contributed by atoms with Gasteiger partial charge in [-0.15, -0.1) is 0 Å². The molecule has 0 saturated carbocycles. The molecule has 1 N–H and O–H groups in total. The average molecular weight is 338 g/mol. The summed E-state index contributed by atoms with van der Waals surface area (Å²) in [5, 5.41) is 2.91. The minimum absolute atomic E-state index is 0.0241. The van der Waals surface area contributed by atoms with Gasteiger partial charge in [-0.3, -0.25) is 4.79 Å². The lowest BCUT2D eigenvalue weighted by Gasteiger charge is -2.14. The highest BCUT2D eigenvalue weighted by Crippen LogP contribution is 2.16. The third kappa shape index (κ3) is 4.58. The molecule has 2 aromatic carbocycles. The van der Waals surface area contributed by atoms with Gasteiger partial charge in [0, 0.05) is 10.7 Å². The summed E-state index contributed by atoms with van der Waals surface area (Å²) in [5.74, 6) is -0.127. The van der Waals surface area contributed by atoms with E-state index in [0.29, 0.717) is 0 Å². The van der Waals surface area contributed by atoms with Crippen molar-refractivity contribution in [1.29, 1.82) is 0 Å². The minimum atomic E-state index is -3.73. The van der Waals surface area contributed by atoms with Gasteiger partial charge in [-0.1, -0.05) is 42.5 Å². The van der Waals surface area contributed by atoms with Crippen LogP contribution in [-0.4, -0.2) is 14.3 Å². The third-order valence-electron chi connectivity index (χ3n) is 3.25. The predicted octanol–water partition coefficient (Wildman–Crippen LogP) is 3.03. The molecular formula is C16H16ClNO3S. The lowest BCUT2D eigenvalue weighted by Crippen LogP contribution is -2.28. The molecule has 1 atom stereocenters. The number of carbonyl (C=O) groups excluding carboxylic acids is 1. The van der Waals surface area contributed by atoms with Crippen molar-refractivity contribution in [2.24, 2.45) is 0 Å². The first kappa shape index (κ1) is 16.5. The number of hydrogen-bond donors (Lipinski definition) is 1. The number of halogens is 1. The van der Waals surface area contributed by atoms with Crippen LogP contribution in [0.2, 0.25) is 0 Å². The van der Waals surface area contributed by atoms with Crippen LogP contribution in [0.25, 0.3) is 0 Å². The highest BCUT2D eigenvalue weighted by molar-refractivity contribution is 8.13. The molecule has 6 heteroatoms. The highest BCUT2D eigenvalue weighted by atomic mass is 35.7. The Kier molecular flexibility index (Phi) is 5.21. The molecule has 0 aliphatic rings. The lowest BCUT2D eigenvalue weighted by atomic mass is 10.1. The fraction of sp³-hybridized carbons (Fsp3) is 0.188. The zero-order chi connectivity index (χ0) is 16.2. The highest BCUT2D eigenvalue weighted by Gasteiger charge is 2.12. The Balaban J connectivity index is 1.98. The van der Waals surface area contributed by atoms with Crippen molar-refractivity contribution in [3.05, 3.63) is 65.7 Å². The van der Waals surface area contributed by atoms with E-state index in [2.05, 4.69) is 5.32 Å². The lowest BCUT2D eigenvalue weighted by molar-refractivity contribution is -0.121. The maximum Gasteiger partial charge on any atom is 0.261 e. The number of amides is 1. The zero-order valence-electron chi connectivity index (χ0n) is 12.0. The molecule has 0 radical (unpaired) electrons. The van der Waals surface area contributed by atoms with Gasteiger partial charge in [0.2, 0.25) is 5.91 Å². The molecule has 4 nitrogen and oxygen atoms in total. The molecule has 1 amide bonds. The second-order valence-corrected chi connectivity index (χ2v) is 7.52. The van der Waals surface area contributed by atoms with Crippen LogP contribution in [0, 0.1) is 0 Å². The van der Waals surface area contributed by atoms with Crippen LogP contribution in [-0.2, 0) is 20.3 Å². The maximum atomic E-state index is 12.0. The fourth-order valence-electron chi connectivity index (χ4n) is 2.07. The van der Waals surface area contributed by atoms with Crippen molar-refractivity contribution in [3.63, 3.8) is 0 Å². The molecule has 2 rings (SSSR count). The van der Waals surface area contributed by atoms with Gasteiger partial charge < -0.3 is 5.32 Å². The van der Waals surface area contributed by atoms with E-state index in [1.165, 1.54) is 12.1 Å². The van der Waals surface area contributed by atoms with Crippen LogP contribution in [0.1, 0.15) is 24.1 Å². The Hall–Kier alpha value is -1.85. The quantitative estimate of drug-likeness (QED) is 0.853. The largest absolute Gasteiger partial charge is 0.349 e. The number of nitrogens with one attached hydrogen (secondary N) is 1. The number of hydrogen-bond acceptors (Lipinski definition) is 3. The molecular weight excluding hydrogens is 322 g/mol. The topological polar surface area (TPSA) is 63.2 Å². The summed E-state index contributed by atoms with van der Waals surface area (Å²) >= 11 is 0. The van der Waals surface area contributed by atoms with Crippen LogP contribution in [0.5, 0.6) is 0 Å². The molecule has 0 saturated heterocycles. The van der Waals surface area contributed by atoms with E-state index in [-0.39, 0.29) is 23.3 Å². The molecule has 0 bridgehead atoms. The normalized spacial score (nSPS) is 12.6. The van der Waals surface area contributed by atoms with Crippen LogP contribution in [0.3, 0.4) is 0 Å². The summed E-state index contributed by atoms with van der Waals surface area (Å²) in [6.45, 7) is 1.91. The monoisotopic (exact) mass is 337 g/mol. The van der Waals surface area contributed by atoms with Crippen LogP contribution >= 0.6 is 10.7 Å². The number of rotatable bonds is 5.